The molecule has 0 radical (unpaired) electrons. The summed E-state index contributed by atoms with van der Waals surface area (Å²) in [4.78, 5) is 14.1. The van der Waals surface area contributed by atoms with E-state index in [-0.39, 0.29) is 5.92 Å². The van der Waals surface area contributed by atoms with Crippen molar-refractivity contribution >= 4 is 28.6 Å². The number of aliphatic hydroxyl groups is 3. The summed E-state index contributed by atoms with van der Waals surface area (Å²) in [7, 11) is 3.25. The number of aromatic nitrogens is 4. The second-order valence-corrected chi connectivity index (χ2v) is 10.9. The molecule has 1 aliphatic heterocycles. The Labute approximate surface area is 260 Å². The van der Waals surface area contributed by atoms with Crippen LogP contribution in [-0.2, 0) is 4.74 Å². The minimum absolute atomic E-state index is 0.131. The van der Waals surface area contributed by atoms with Crippen LogP contribution in [0.2, 0.25) is 0 Å². The number of hydrogen-bond acceptors (Lipinski definition) is 11. The van der Waals surface area contributed by atoms with Gasteiger partial charge in [0.2, 0.25) is 5.95 Å². The van der Waals surface area contributed by atoms with E-state index in [1.54, 1.807) is 18.8 Å². The van der Waals surface area contributed by atoms with Gasteiger partial charge >= 0.3 is 0 Å². The van der Waals surface area contributed by atoms with Gasteiger partial charge in [0.05, 0.1) is 27.2 Å². The van der Waals surface area contributed by atoms with Gasteiger partial charge in [0.25, 0.3) is 0 Å². The maximum absolute atomic E-state index is 10.8. The zero-order chi connectivity index (χ0) is 31.5. The normalized spacial score (nSPS) is 20.2. The lowest BCUT2D eigenvalue weighted by Gasteiger charge is -2.22. The smallest absolute Gasteiger partial charge is 0.231 e. The van der Waals surface area contributed by atoms with E-state index in [1.807, 2.05) is 60.7 Å². The Balaban J connectivity index is 1.42. The summed E-state index contributed by atoms with van der Waals surface area (Å²) in [6.07, 6.45) is -3.04. The molecule has 1 aliphatic rings. The molecule has 0 spiro atoms. The Bertz CT molecular complexity index is 1740. The Morgan fingerprint density at radius 2 is 1.64 bits per heavy atom. The molecule has 2 aromatic heterocycles. The number of nitrogens with zero attached hydrogens (tertiary/aromatic N) is 4. The van der Waals surface area contributed by atoms with Crippen LogP contribution in [0.25, 0.3) is 11.2 Å². The number of benzene rings is 3. The molecule has 5 atom stereocenters. The molecule has 12 nitrogen and oxygen atoms in total. The fraction of sp³-hybridized carbons (Fsp3) is 0.303. The van der Waals surface area contributed by atoms with Crippen molar-refractivity contribution in [3.05, 3.63) is 95.8 Å². The van der Waals surface area contributed by atoms with Crippen molar-refractivity contribution in [1.29, 1.82) is 0 Å². The van der Waals surface area contributed by atoms with Crippen LogP contribution in [0.15, 0.2) is 79.1 Å². The monoisotopic (exact) mass is 612 g/mol. The van der Waals surface area contributed by atoms with Gasteiger partial charge < -0.3 is 40.2 Å². The molecule has 234 valence electrons. The first kappa shape index (κ1) is 30.3. The average molecular weight is 613 g/mol. The zero-order valence-corrected chi connectivity index (χ0v) is 25.2. The topological polar surface area (TPSA) is 156 Å². The second-order valence-electron chi connectivity index (χ2n) is 10.9. The molecular weight excluding hydrogens is 576 g/mol. The molecule has 1 saturated heterocycles. The lowest BCUT2D eigenvalue weighted by Crippen LogP contribution is -2.33. The van der Waals surface area contributed by atoms with Crippen molar-refractivity contribution in [3.63, 3.8) is 0 Å². The van der Waals surface area contributed by atoms with E-state index in [1.165, 1.54) is 6.33 Å². The number of aryl methyl sites for hydroxylation is 1. The van der Waals surface area contributed by atoms with Crippen molar-refractivity contribution < 1.29 is 29.5 Å². The number of ether oxygens (including phenoxy) is 3. The number of anilines is 3. The van der Waals surface area contributed by atoms with Crippen LogP contribution in [0.5, 0.6) is 11.5 Å². The van der Waals surface area contributed by atoms with Crippen LogP contribution in [0, 0.1) is 6.92 Å². The molecule has 0 saturated carbocycles. The number of methoxy groups -OCH3 is 2. The largest absolute Gasteiger partial charge is 0.497 e. The minimum atomic E-state index is -1.30. The van der Waals surface area contributed by atoms with E-state index in [9.17, 15) is 15.3 Å². The van der Waals surface area contributed by atoms with Gasteiger partial charge in [0.1, 0.15) is 29.8 Å². The van der Waals surface area contributed by atoms with E-state index in [0.29, 0.717) is 41.0 Å². The Hall–Kier alpha value is -4.75. The summed E-state index contributed by atoms with van der Waals surface area (Å²) in [6, 6.07) is 23.5. The first-order valence-electron chi connectivity index (χ1n) is 14.6. The first-order chi connectivity index (χ1) is 21.9. The van der Waals surface area contributed by atoms with Gasteiger partial charge in [-0.05, 0) is 47.9 Å². The number of nitrogens with one attached hydrogen (secondary N) is 2. The summed E-state index contributed by atoms with van der Waals surface area (Å²) in [5, 5.41) is 37.6. The maximum Gasteiger partial charge on any atom is 0.231 e. The van der Waals surface area contributed by atoms with Crippen molar-refractivity contribution in [1.82, 2.24) is 19.5 Å². The summed E-state index contributed by atoms with van der Waals surface area (Å²) in [5.41, 5.74) is 4.82. The maximum atomic E-state index is 10.8. The van der Waals surface area contributed by atoms with E-state index in [2.05, 4.69) is 34.7 Å². The van der Waals surface area contributed by atoms with E-state index in [4.69, 9.17) is 24.2 Å². The second kappa shape index (κ2) is 13.1. The van der Waals surface area contributed by atoms with Crippen molar-refractivity contribution in [3.8, 4) is 11.5 Å². The van der Waals surface area contributed by atoms with Crippen LogP contribution in [0.4, 0.5) is 17.5 Å². The number of para-hydroxylation sites is 1. The van der Waals surface area contributed by atoms with Crippen molar-refractivity contribution in [2.75, 3.05) is 38.0 Å². The number of hydrogen-bond donors (Lipinski definition) is 5. The summed E-state index contributed by atoms with van der Waals surface area (Å²) >= 11 is 0. The predicted octanol–water partition coefficient (Wildman–Crippen LogP) is 3.75. The van der Waals surface area contributed by atoms with Gasteiger partial charge in [-0.1, -0.05) is 42.5 Å². The molecular formula is C33H36N6O6. The number of fused-ring (bicyclic) bond motifs is 1. The number of rotatable bonds is 11. The van der Waals surface area contributed by atoms with Gasteiger partial charge in [-0.2, -0.15) is 9.97 Å². The van der Waals surface area contributed by atoms with Gasteiger partial charge in [-0.15, -0.1) is 0 Å². The lowest BCUT2D eigenvalue weighted by molar-refractivity contribution is -0.0511. The molecule has 3 heterocycles. The Morgan fingerprint density at radius 1 is 0.933 bits per heavy atom. The first-order valence-corrected chi connectivity index (χ1v) is 14.6. The van der Waals surface area contributed by atoms with Crippen LogP contribution in [-0.4, -0.2) is 80.5 Å². The van der Waals surface area contributed by atoms with Crippen LogP contribution in [0.1, 0.15) is 28.8 Å². The highest BCUT2D eigenvalue weighted by molar-refractivity contribution is 5.85. The molecule has 12 heteroatoms. The SMILES string of the molecule is COc1cc(OC)cc(C(CNc2nc(Nc3ccccc3)nc3c2ncn3[C@@H]2O[C@H](CO)[C@@H](O)[C@H]2O)c2ccccc2C)c1. The van der Waals surface area contributed by atoms with Gasteiger partial charge in [0, 0.05) is 24.2 Å². The summed E-state index contributed by atoms with van der Waals surface area (Å²) in [6.45, 7) is 2.06. The fourth-order valence-corrected chi connectivity index (χ4v) is 5.66. The standard InChI is InChI=1S/C33H36N6O6/c1-19-9-7-8-12-24(19)25(20-13-22(43-2)15-23(14-20)44-3)16-34-30-27-31(38-33(37-30)36-21-10-5-4-6-11-21)39(18-35-27)32-29(42)28(41)26(17-40)45-32/h4-15,18,25-26,28-29,32,40-42H,16-17H2,1-3H3,(H2,34,36,37,38)/t25?,26-,28-,29-,32-/m1/s1. The van der Waals surface area contributed by atoms with Crippen molar-refractivity contribution in [2.45, 2.75) is 37.4 Å². The fourth-order valence-electron chi connectivity index (χ4n) is 5.66. The number of aliphatic hydroxyl groups excluding tert-OH is 3. The lowest BCUT2D eigenvalue weighted by atomic mass is 9.88. The van der Waals surface area contributed by atoms with Crippen molar-refractivity contribution in [2.24, 2.45) is 0 Å². The number of imidazole rings is 1. The third-order valence-corrected chi connectivity index (χ3v) is 8.06. The highest BCUT2D eigenvalue weighted by Gasteiger charge is 2.44. The molecule has 1 unspecified atom stereocenters. The Morgan fingerprint density at radius 3 is 2.31 bits per heavy atom. The van der Waals surface area contributed by atoms with E-state index >= 15 is 0 Å². The van der Waals surface area contributed by atoms with Crippen LogP contribution < -0.4 is 20.1 Å². The molecule has 45 heavy (non-hydrogen) atoms. The van der Waals surface area contributed by atoms with Gasteiger partial charge in [0.15, 0.2) is 23.2 Å². The third kappa shape index (κ3) is 6.13. The highest BCUT2D eigenvalue weighted by Crippen LogP contribution is 2.36. The molecule has 3 aromatic carbocycles. The van der Waals surface area contributed by atoms with Gasteiger partial charge in [-0.3, -0.25) is 4.57 Å². The minimum Gasteiger partial charge on any atom is -0.497 e. The summed E-state index contributed by atoms with van der Waals surface area (Å²) < 4.78 is 18.5. The Kier molecular flexibility index (Phi) is 8.80. The van der Waals surface area contributed by atoms with Crippen LogP contribution >= 0.6 is 0 Å². The van der Waals surface area contributed by atoms with E-state index < -0.39 is 31.1 Å². The van der Waals surface area contributed by atoms with Gasteiger partial charge in [-0.25, -0.2) is 4.98 Å². The molecule has 0 aliphatic carbocycles. The molecule has 0 bridgehead atoms. The molecule has 5 N–H and O–H groups in total. The zero-order valence-electron chi connectivity index (χ0n) is 25.2. The third-order valence-electron chi connectivity index (χ3n) is 8.06. The highest BCUT2D eigenvalue weighted by atomic mass is 16.6. The average Bonchev–Trinajstić information content (AvgIpc) is 3.61. The quantitative estimate of drug-likeness (QED) is 0.148. The molecule has 6 rings (SSSR count). The molecule has 0 amide bonds. The van der Waals surface area contributed by atoms with Crippen LogP contribution in [0.3, 0.4) is 0 Å². The molecule has 5 aromatic rings. The molecule has 1 fully saturated rings. The van der Waals surface area contributed by atoms with E-state index in [0.717, 1.165) is 22.4 Å². The predicted molar refractivity (Wildman–Crippen MR) is 169 cm³/mol. The summed E-state index contributed by atoms with van der Waals surface area (Å²) in [5.74, 6) is 1.98.